The van der Waals surface area contributed by atoms with Gasteiger partial charge in [-0.25, -0.2) is 0 Å². The molecule has 0 radical (unpaired) electrons. The zero-order valence-electron chi connectivity index (χ0n) is 26.7. The fraction of sp³-hybridized carbons (Fsp3) is 0.143. The lowest BCUT2D eigenvalue weighted by Crippen LogP contribution is -2.41. The maximum absolute atomic E-state index is 6.37. The molecule has 2 heterocycles. The molecule has 0 N–H and O–H groups in total. The first-order valence-electron chi connectivity index (χ1n) is 16.0. The van der Waals surface area contributed by atoms with Crippen molar-refractivity contribution in [1.29, 1.82) is 0 Å². The molecule has 1 fully saturated rings. The number of nitrogens with zero attached hydrogens (tertiary/aromatic N) is 1. The quantitative estimate of drug-likeness (QED) is 0.184. The summed E-state index contributed by atoms with van der Waals surface area (Å²) < 4.78 is 15.1. The molecule has 7 aromatic rings. The van der Waals surface area contributed by atoms with Gasteiger partial charge in [-0.05, 0) is 90.8 Å². The van der Waals surface area contributed by atoms with Crippen molar-refractivity contribution >= 4 is 34.4 Å². The molecule has 8 rings (SSSR count). The van der Waals surface area contributed by atoms with Gasteiger partial charge in [-0.2, -0.15) is 0 Å². The molecule has 0 bridgehead atoms. The fourth-order valence-electron chi connectivity index (χ4n) is 6.58. The SMILES string of the molecule is CC1(C)OB(c2cccc(-c3cccc(-n4c5ccccc5c5ccc(-c6ccc(-c7ccccc7)cc6)cc54)c3)c2)OC1(C)C. The number of fused-ring (bicyclic) bond motifs is 3. The fourth-order valence-corrected chi connectivity index (χ4v) is 6.58. The highest BCUT2D eigenvalue weighted by Gasteiger charge is 2.51. The van der Waals surface area contributed by atoms with Crippen LogP contribution < -0.4 is 5.46 Å². The van der Waals surface area contributed by atoms with E-state index in [4.69, 9.17) is 9.31 Å². The van der Waals surface area contributed by atoms with E-state index < -0.39 is 7.12 Å². The second-order valence-electron chi connectivity index (χ2n) is 13.3. The molecule has 46 heavy (non-hydrogen) atoms. The van der Waals surface area contributed by atoms with Gasteiger partial charge >= 0.3 is 7.12 Å². The predicted molar refractivity (Wildman–Crippen MR) is 193 cm³/mol. The van der Waals surface area contributed by atoms with Gasteiger partial charge in [0.05, 0.1) is 22.2 Å². The van der Waals surface area contributed by atoms with Gasteiger partial charge in [0.1, 0.15) is 0 Å². The molecule has 1 aromatic heterocycles. The Morgan fingerprint density at radius 1 is 0.435 bits per heavy atom. The minimum Gasteiger partial charge on any atom is -0.399 e. The van der Waals surface area contributed by atoms with Gasteiger partial charge < -0.3 is 13.9 Å². The summed E-state index contributed by atoms with van der Waals surface area (Å²) in [5.41, 5.74) is 10.9. The number of benzene rings is 6. The van der Waals surface area contributed by atoms with Gasteiger partial charge in [0.2, 0.25) is 0 Å². The molecule has 0 unspecified atom stereocenters. The monoisotopic (exact) mass is 597 g/mol. The third-order valence-corrected chi connectivity index (χ3v) is 9.85. The maximum Gasteiger partial charge on any atom is 0.494 e. The summed E-state index contributed by atoms with van der Waals surface area (Å²) in [5.74, 6) is 0. The van der Waals surface area contributed by atoms with Crippen molar-refractivity contribution < 1.29 is 9.31 Å². The van der Waals surface area contributed by atoms with Crippen molar-refractivity contribution in [3.8, 4) is 39.1 Å². The molecule has 6 aromatic carbocycles. The molecule has 0 aliphatic carbocycles. The van der Waals surface area contributed by atoms with E-state index in [0.717, 1.165) is 22.3 Å². The topological polar surface area (TPSA) is 23.4 Å². The molecule has 224 valence electrons. The van der Waals surface area contributed by atoms with Gasteiger partial charge in [-0.1, -0.05) is 121 Å². The minimum absolute atomic E-state index is 0.382. The summed E-state index contributed by atoms with van der Waals surface area (Å²) in [6, 6.07) is 52.3. The zero-order valence-corrected chi connectivity index (χ0v) is 26.7. The Balaban J connectivity index is 1.20. The average molecular weight is 598 g/mol. The number of hydrogen-bond acceptors (Lipinski definition) is 2. The van der Waals surface area contributed by atoms with Crippen LogP contribution in [0, 0.1) is 0 Å². The van der Waals surface area contributed by atoms with Crippen molar-refractivity contribution in [1.82, 2.24) is 4.57 Å². The van der Waals surface area contributed by atoms with E-state index in [9.17, 15) is 0 Å². The number of para-hydroxylation sites is 1. The largest absolute Gasteiger partial charge is 0.494 e. The minimum atomic E-state index is -0.398. The van der Waals surface area contributed by atoms with Crippen molar-refractivity contribution in [2.24, 2.45) is 0 Å². The van der Waals surface area contributed by atoms with Gasteiger partial charge in [0.15, 0.2) is 0 Å². The van der Waals surface area contributed by atoms with Crippen LogP contribution in [-0.4, -0.2) is 22.9 Å². The summed E-state index contributed by atoms with van der Waals surface area (Å²) >= 11 is 0. The Bertz CT molecular complexity index is 2200. The Hall–Kier alpha value is -4.90. The highest BCUT2D eigenvalue weighted by atomic mass is 16.7. The average Bonchev–Trinajstić information content (AvgIpc) is 3.53. The van der Waals surface area contributed by atoms with E-state index in [-0.39, 0.29) is 11.2 Å². The van der Waals surface area contributed by atoms with Crippen LogP contribution in [0.15, 0.2) is 146 Å². The molecule has 4 heteroatoms. The maximum atomic E-state index is 6.37. The van der Waals surface area contributed by atoms with Crippen LogP contribution in [0.2, 0.25) is 0 Å². The molecule has 1 saturated heterocycles. The molecule has 0 spiro atoms. The van der Waals surface area contributed by atoms with Gasteiger partial charge in [0, 0.05) is 16.5 Å². The van der Waals surface area contributed by atoms with Crippen molar-refractivity contribution in [2.45, 2.75) is 38.9 Å². The Morgan fingerprint density at radius 2 is 0.957 bits per heavy atom. The highest BCUT2D eigenvalue weighted by Crippen LogP contribution is 2.38. The molecule has 0 saturated carbocycles. The molecular formula is C42H36BNO2. The lowest BCUT2D eigenvalue weighted by Gasteiger charge is -2.32. The van der Waals surface area contributed by atoms with Crippen molar-refractivity contribution in [3.05, 3.63) is 146 Å². The second-order valence-corrected chi connectivity index (χ2v) is 13.3. The van der Waals surface area contributed by atoms with Crippen LogP contribution in [0.25, 0.3) is 60.9 Å². The Labute approximate surface area is 271 Å². The molecule has 0 atom stereocenters. The first-order chi connectivity index (χ1) is 22.3. The van der Waals surface area contributed by atoms with Crippen molar-refractivity contribution in [2.75, 3.05) is 0 Å². The lowest BCUT2D eigenvalue weighted by molar-refractivity contribution is 0.00578. The van der Waals surface area contributed by atoms with E-state index in [1.54, 1.807) is 0 Å². The Morgan fingerprint density at radius 3 is 1.70 bits per heavy atom. The van der Waals surface area contributed by atoms with Crippen LogP contribution in [0.5, 0.6) is 0 Å². The van der Waals surface area contributed by atoms with Crippen LogP contribution in [0.3, 0.4) is 0 Å². The van der Waals surface area contributed by atoms with E-state index in [1.807, 2.05) is 0 Å². The third kappa shape index (κ3) is 4.86. The van der Waals surface area contributed by atoms with E-state index in [0.29, 0.717) is 0 Å². The summed E-state index contributed by atoms with van der Waals surface area (Å²) in [7, 11) is -0.398. The normalized spacial score (nSPS) is 15.5. The van der Waals surface area contributed by atoms with Crippen LogP contribution in [-0.2, 0) is 9.31 Å². The third-order valence-electron chi connectivity index (χ3n) is 9.85. The van der Waals surface area contributed by atoms with Crippen LogP contribution in [0.1, 0.15) is 27.7 Å². The van der Waals surface area contributed by atoms with Crippen LogP contribution in [0.4, 0.5) is 0 Å². The standard InChI is InChI=1S/C42H36BNO2/c1-41(2)42(3,4)46-43(45-41)35-16-10-14-32(26-35)33-15-11-17-36(27-33)44-39-19-9-8-18-37(39)38-25-24-34(28-40(38)44)31-22-20-30(21-23-31)29-12-6-5-7-13-29/h5-28H,1-4H3. The van der Waals surface area contributed by atoms with Gasteiger partial charge in [0.25, 0.3) is 0 Å². The summed E-state index contributed by atoms with van der Waals surface area (Å²) in [5, 5.41) is 2.49. The van der Waals surface area contributed by atoms with E-state index in [1.165, 1.54) is 44.1 Å². The highest BCUT2D eigenvalue weighted by molar-refractivity contribution is 6.62. The number of rotatable bonds is 5. The molecule has 1 aliphatic heterocycles. The first kappa shape index (κ1) is 28.6. The lowest BCUT2D eigenvalue weighted by atomic mass is 9.78. The van der Waals surface area contributed by atoms with E-state index >= 15 is 0 Å². The first-order valence-corrected chi connectivity index (χ1v) is 16.0. The molecule has 0 amide bonds. The second kappa shape index (κ2) is 10.9. The molecular weight excluding hydrogens is 561 g/mol. The van der Waals surface area contributed by atoms with E-state index in [2.05, 4.69) is 178 Å². The van der Waals surface area contributed by atoms with Crippen LogP contribution >= 0.6 is 0 Å². The zero-order chi connectivity index (χ0) is 31.5. The number of aromatic nitrogens is 1. The molecule has 3 nitrogen and oxygen atoms in total. The van der Waals surface area contributed by atoms with Crippen molar-refractivity contribution in [3.63, 3.8) is 0 Å². The summed E-state index contributed by atoms with van der Waals surface area (Å²) in [6.45, 7) is 8.38. The summed E-state index contributed by atoms with van der Waals surface area (Å²) in [4.78, 5) is 0. The number of hydrogen-bond donors (Lipinski definition) is 0. The van der Waals surface area contributed by atoms with Gasteiger partial charge in [-0.15, -0.1) is 0 Å². The summed E-state index contributed by atoms with van der Waals surface area (Å²) in [6.07, 6.45) is 0. The predicted octanol–water partition coefficient (Wildman–Crippen LogP) is 10.1. The van der Waals surface area contributed by atoms with Gasteiger partial charge in [-0.3, -0.25) is 0 Å². The smallest absolute Gasteiger partial charge is 0.399 e. The molecule has 1 aliphatic rings. The Kier molecular flexibility index (Phi) is 6.75.